The van der Waals surface area contributed by atoms with Crippen LogP contribution in [0.4, 0.5) is 0 Å². The SMILES string of the molecule is CC(C)(C)C(=O)CCSSC1=NCCC=C1. The van der Waals surface area contributed by atoms with Gasteiger partial charge in [-0.2, -0.15) is 0 Å². The minimum absolute atomic E-state index is 0.201. The van der Waals surface area contributed by atoms with Crippen molar-refractivity contribution in [2.24, 2.45) is 10.4 Å². The Balaban J connectivity index is 2.15. The molecule has 0 atom stereocenters. The van der Waals surface area contributed by atoms with Crippen LogP contribution in [0, 0.1) is 5.41 Å². The number of carbonyl (C=O) groups is 1. The highest BCUT2D eigenvalue weighted by Gasteiger charge is 2.20. The molecule has 0 unspecified atom stereocenters. The summed E-state index contributed by atoms with van der Waals surface area (Å²) in [5.74, 6) is 1.20. The molecule has 0 spiro atoms. The third-order valence-electron chi connectivity index (χ3n) is 2.22. The summed E-state index contributed by atoms with van der Waals surface area (Å²) in [5, 5.41) is 1.08. The normalized spacial score (nSPS) is 16.1. The van der Waals surface area contributed by atoms with Crippen molar-refractivity contribution in [1.29, 1.82) is 0 Å². The number of aliphatic imine (C=N–C) groups is 1. The van der Waals surface area contributed by atoms with E-state index in [1.807, 2.05) is 20.8 Å². The first-order chi connectivity index (χ1) is 7.50. The van der Waals surface area contributed by atoms with Crippen molar-refractivity contribution in [2.75, 3.05) is 12.3 Å². The Kier molecular flexibility index (Phi) is 5.62. The van der Waals surface area contributed by atoms with Gasteiger partial charge in [0.2, 0.25) is 0 Å². The number of nitrogens with zero attached hydrogens (tertiary/aromatic N) is 1. The number of hydrogen-bond acceptors (Lipinski definition) is 4. The summed E-state index contributed by atoms with van der Waals surface area (Å²) in [6.07, 6.45) is 5.92. The van der Waals surface area contributed by atoms with Gasteiger partial charge in [0.1, 0.15) is 10.8 Å². The predicted octanol–water partition coefficient (Wildman–Crippen LogP) is 3.73. The highest BCUT2D eigenvalue weighted by Crippen LogP contribution is 2.27. The monoisotopic (exact) mass is 257 g/mol. The Labute approximate surface area is 106 Å². The standard InChI is InChI=1S/C12H19NOS2/c1-12(2,3)10(14)7-9-15-16-11-6-4-5-8-13-11/h4,6H,5,7-9H2,1-3H3. The lowest BCUT2D eigenvalue weighted by molar-refractivity contribution is -0.125. The first kappa shape index (κ1) is 13.8. The van der Waals surface area contributed by atoms with E-state index in [9.17, 15) is 4.79 Å². The minimum Gasteiger partial charge on any atom is -0.299 e. The second kappa shape index (κ2) is 6.50. The number of ketones is 1. The molecular weight excluding hydrogens is 238 g/mol. The summed E-state index contributed by atoms with van der Waals surface area (Å²) >= 11 is 0. The van der Waals surface area contributed by atoms with E-state index < -0.39 is 0 Å². The third kappa shape index (κ3) is 5.21. The first-order valence-corrected chi connectivity index (χ1v) is 7.86. The average Bonchev–Trinajstić information content (AvgIpc) is 2.24. The second-order valence-electron chi connectivity index (χ2n) is 4.74. The molecule has 1 rings (SSSR count). The van der Waals surface area contributed by atoms with Crippen molar-refractivity contribution in [3.05, 3.63) is 12.2 Å². The lowest BCUT2D eigenvalue weighted by Gasteiger charge is -2.15. The van der Waals surface area contributed by atoms with E-state index >= 15 is 0 Å². The molecule has 0 aliphatic carbocycles. The van der Waals surface area contributed by atoms with E-state index in [2.05, 4.69) is 17.1 Å². The molecule has 0 saturated carbocycles. The van der Waals surface area contributed by atoms with Gasteiger partial charge in [0.05, 0.1) is 0 Å². The van der Waals surface area contributed by atoms with E-state index in [0.717, 1.165) is 23.8 Å². The predicted molar refractivity (Wildman–Crippen MR) is 75.2 cm³/mol. The molecule has 16 heavy (non-hydrogen) atoms. The molecule has 2 nitrogen and oxygen atoms in total. The quantitative estimate of drug-likeness (QED) is 0.567. The Morgan fingerprint density at radius 1 is 1.50 bits per heavy atom. The summed E-state index contributed by atoms with van der Waals surface area (Å²) in [6.45, 7) is 6.82. The zero-order chi connectivity index (χ0) is 12.0. The molecule has 0 aromatic carbocycles. The Morgan fingerprint density at radius 2 is 2.25 bits per heavy atom. The van der Waals surface area contributed by atoms with Crippen LogP contribution < -0.4 is 0 Å². The highest BCUT2D eigenvalue weighted by atomic mass is 33.1. The molecule has 0 aromatic rings. The third-order valence-corrected chi connectivity index (χ3v) is 4.51. The van der Waals surface area contributed by atoms with Gasteiger partial charge in [-0.25, -0.2) is 0 Å². The van der Waals surface area contributed by atoms with Crippen LogP contribution in [0.2, 0.25) is 0 Å². The fraction of sp³-hybridized carbons (Fsp3) is 0.667. The van der Waals surface area contributed by atoms with E-state index in [-0.39, 0.29) is 5.41 Å². The maximum absolute atomic E-state index is 11.6. The lowest BCUT2D eigenvalue weighted by atomic mass is 9.89. The largest absolute Gasteiger partial charge is 0.299 e. The van der Waals surface area contributed by atoms with Gasteiger partial charge in [-0.3, -0.25) is 9.79 Å². The maximum atomic E-state index is 11.6. The molecule has 0 aromatic heterocycles. The van der Waals surface area contributed by atoms with Crippen LogP contribution in [0.15, 0.2) is 17.1 Å². The van der Waals surface area contributed by atoms with E-state index in [4.69, 9.17) is 0 Å². The molecule has 0 N–H and O–H groups in total. The molecule has 0 amide bonds. The van der Waals surface area contributed by atoms with E-state index in [1.165, 1.54) is 0 Å². The molecule has 4 heteroatoms. The zero-order valence-electron chi connectivity index (χ0n) is 10.2. The Bertz CT molecular complexity index is 303. The van der Waals surface area contributed by atoms with Crippen molar-refractivity contribution in [1.82, 2.24) is 0 Å². The molecule has 0 fully saturated rings. The fourth-order valence-electron chi connectivity index (χ4n) is 1.15. The van der Waals surface area contributed by atoms with Crippen LogP contribution in [0.3, 0.4) is 0 Å². The number of hydrogen-bond donors (Lipinski definition) is 0. The van der Waals surface area contributed by atoms with E-state index in [0.29, 0.717) is 12.2 Å². The van der Waals surface area contributed by atoms with Gasteiger partial charge >= 0.3 is 0 Å². The van der Waals surface area contributed by atoms with Gasteiger partial charge in [-0.1, -0.05) is 37.6 Å². The Hall–Kier alpha value is -0.220. The minimum atomic E-state index is -0.201. The Morgan fingerprint density at radius 3 is 2.81 bits per heavy atom. The van der Waals surface area contributed by atoms with Gasteiger partial charge in [-0.05, 0) is 23.3 Å². The molecule has 0 saturated heterocycles. The van der Waals surface area contributed by atoms with Gasteiger partial charge in [-0.15, -0.1) is 0 Å². The maximum Gasteiger partial charge on any atom is 0.139 e. The van der Waals surface area contributed by atoms with Gasteiger partial charge in [0.15, 0.2) is 0 Å². The molecule has 1 aliphatic heterocycles. The number of rotatable bonds is 4. The van der Waals surface area contributed by atoms with Crippen molar-refractivity contribution in [2.45, 2.75) is 33.6 Å². The van der Waals surface area contributed by atoms with Crippen molar-refractivity contribution < 1.29 is 4.79 Å². The summed E-state index contributed by atoms with van der Waals surface area (Å²) in [7, 11) is 3.40. The van der Waals surface area contributed by atoms with Gasteiger partial charge in [0, 0.05) is 24.1 Å². The van der Waals surface area contributed by atoms with Crippen LogP contribution in [0.25, 0.3) is 0 Å². The second-order valence-corrected chi connectivity index (χ2v) is 7.18. The average molecular weight is 257 g/mol. The van der Waals surface area contributed by atoms with Gasteiger partial charge < -0.3 is 0 Å². The number of carbonyl (C=O) groups excluding carboxylic acids is 1. The molecule has 0 bridgehead atoms. The molecule has 90 valence electrons. The van der Waals surface area contributed by atoms with Crippen LogP contribution in [0.1, 0.15) is 33.6 Å². The number of Topliss-reactive ketones (excluding diaryl/α,β-unsaturated/α-hetero) is 1. The van der Waals surface area contributed by atoms with Crippen LogP contribution in [0.5, 0.6) is 0 Å². The van der Waals surface area contributed by atoms with Crippen molar-refractivity contribution in [3.8, 4) is 0 Å². The van der Waals surface area contributed by atoms with Crippen LogP contribution in [-0.2, 0) is 4.79 Å². The molecular formula is C12H19NOS2. The summed E-state index contributed by atoms with van der Waals surface area (Å²) < 4.78 is 0. The summed E-state index contributed by atoms with van der Waals surface area (Å²) in [6, 6.07) is 0. The summed E-state index contributed by atoms with van der Waals surface area (Å²) in [5.41, 5.74) is -0.201. The van der Waals surface area contributed by atoms with Crippen LogP contribution >= 0.6 is 21.6 Å². The van der Waals surface area contributed by atoms with Crippen molar-refractivity contribution >= 4 is 32.4 Å². The summed E-state index contributed by atoms with van der Waals surface area (Å²) in [4.78, 5) is 16.0. The number of dihydropyridines is 1. The zero-order valence-corrected chi connectivity index (χ0v) is 11.8. The molecule has 1 heterocycles. The van der Waals surface area contributed by atoms with Crippen LogP contribution in [-0.4, -0.2) is 23.1 Å². The fourth-order valence-corrected chi connectivity index (χ4v) is 3.11. The van der Waals surface area contributed by atoms with Crippen molar-refractivity contribution in [3.63, 3.8) is 0 Å². The van der Waals surface area contributed by atoms with E-state index in [1.54, 1.807) is 21.6 Å². The molecule has 0 radical (unpaired) electrons. The lowest BCUT2D eigenvalue weighted by Crippen LogP contribution is -2.20. The van der Waals surface area contributed by atoms with Gasteiger partial charge in [0.25, 0.3) is 0 Å². The topological polar surface area (TPSA) is 29.4 Å². The smallest absolute Gasteiger partial charge is 0.139 e. The molecule has 1 aliphatic rings. The first-order valence-electron chi connectivity index (χ1n) is 5.54. The highest BCUT2D eigenvalue weighted by molar-refractivity contribution is 8.82.